The zero-order valence-corrected chi connectivity index (χ0v) is 11.2. The van der Waals surface area contributed by atoms with Crippen LogP contribution < -0.4 is 5.32 Å². The Kier molecular flexibility index (Phi) is 3.45. The SMILES string of the molecule is CC(CS(C)(=O)=O)NC1CC(=O)N2CCCC12. The van der Waals surface area contributed by atoms with Gasteiger partial charge in [-0.3, -0.25) is 4.79 Å². The van der Waals surface area contributed by atoms with E-state index in [2.05, 4.69) is 5.32 Å². The van der Waals surface area contributed by atoms with Crippen LogP contribution in [0.2, 0.25) is 0 Å². The van der Waals surface area contributed by atoms with E-state index in [4.69, 9.17) is 0 Å². The van der Waals surface area contributed by atoms with Crippen LogP contribution in [-0.2, 0) is 14.6 Å². The molecule has 1 amide bonds. The van der Waals surface area contributed by atoms with Gasteiger partial charge in [-0.25, -0.2) is 8.42 Å². The van der Waals surface area contributed by atoms with E-state index in [0.717, 1.165) is 19.4 Å². The van der Waals surface area contributed by atoms with Gasteiger partial charge in [0, 0.05) is 37.3 Å². The zero-order chi connectivity index (χ0) is 12.6. The van der Waals surface area contributed by atoms with Crippen LogP contribution in [0.15, 0.2) is 0 Å². The first-order valence-electron chi connectivity index (χ1n) is 6.10. The van der Waals surface area contributed by atoms with Gasteiger partial charge in [-0.15, -0.1) is 0 Å². The Morgan fingerprint density at radius 2 is 2.24 bits per heavy atom. The molecule has 5 nitrogen and oxygen atoms in total. The molecule has 2 rings (SSSR count). The van der Waals surface area contributed by atoms with Crippen LogP contribution >= 0.6 is 0 Å². The number of hydrogen-bond acceptors (Lipinski definition) is 4. The van der Waals surface area contributed by atoms with E-state index >= 15 is 0 Å². The van der Waals surface area contributed by atoms with Crippen LogP contribution in [0.25, 0.3) is 0 Å². The van der Waals surface area contributed by atoms with Crippen LogP contribution in [0.1, 0.15) is 26.2 Å². The van der Waals surface area contributed by atoms with Crippen LogP contribution in [-0.4, -0.2) is 55.9 Å². The quantitative estimate of drug-likeness (QED) is 0.758. The van der Waals surface area contributed by atoms with Gasteiger partial charge in [-0.05, 0) is 19.8 Å². The van der Waals surface area contributed by atoms with Gasteiger partial charge in [-0.1, -0.05) is 0 Å². The molecule has 0 aromatic rings. The average Bonchev–Trinajstić information content (AvgIpc) is 2.69. The normalized spacial score (nSPS) is 30.7. The highest BCUT2D eigenvalue weighted by Crippen LogP contribution is 2.29. The summed E-state index contributed by atoms with van der Waals surface area (Å²) in [6, 6.07) is 0.314. The van der Waals surface area contributed by atoms with Gasteiger partial charge >= 0.3 is 0 Å². The van der Waals surface area contributed by atoms with Crippen molar-refractivity contribution < 1.29 is 13.2 Å². The van der Waals surface area contributed by atoms with E-state index < -0.39 is 9.84 Å². The topological polar surface area (TPSA) is 66.5 Å². The molecular formula is C11H20N2O3S. The minimum atomic E-state index is -2.96. The maximum Gasteiger partial charge on any atom is 0.224 e. The summed E-state index contributed by atoms with van der Waals surface area (Å²) in [6.45, 7) is 2.73. The zero-order valence-electron chi connectivity index (χ0n) is 10.3. The molecule has 0 saturated carbocycles. The summed E-state index contributed by atoms with van der Waals surface area (Å²) >= 11 is 0. The van der Waals surface area contributed by atoms with E-state index in [1.54, 1.807) is 0 Å². The molecule has 2 aliphatic rings. The summed E-state index contributed by atoms with van der Waals surface area (Å²) in [5, 5.41) is 3.30. The first-order chi connectivity index (χ1) is 7.87. The lowest BCUT2D eigenvalue weighted by Gasteiger charge is -2.24. The fourth-order valence-corrected chi connectivity index (χ4v) is 4.00. The Balaban J connectivity index is 1.93. The molecular weight excluding hydrogens is 240 g/mol. The first-order valence-corrected chi connectivity index (χ1v) is 8.16. The summed E-state index contributed by atoms with van der Waals surface area (Å²) < 4.78 is 22.4. The predicted octanol–water partition coefficient (Wildman–Crippen LogP) is -0.228. The van der Waals surface area contributed by atoms with Gasteiger partial charge in [0.25, 0.3) is 0 Å². The number of fused-ring (bicyclic) bond motifs is 1. The minimum absolute atomic E-state index is 0.0941. The maximum atomic E-state index is 11.7. The van der Waals surface area contributed by atoms with Crippen LogP contribution in [0.3, 0.4) is 0 Å². The Morgan fingerprint density at radius 3 is 2.88 bits per heavy atom. The Hall–Kier alpha value is -0.620. The van der Waals surface area contributed by atoms with Crippen LogP contribution in [0, 0.1) is 0 Å². The molecule has 1 N–H and O–H groups in total. The summed E-state index contributed by atoms with van der Waals surface area (Å²) in [5.74, 6) is 0.335. The Labute approximate surface area is 102 Å². The van der Waals surface area contributed by atoms with Crippen molar-refractivity contribution in [1.82, 2.24) is 10.2 Å². The lowest BCUT2D eigenvalue weighted by molar-refractivity contribution is -0.127. The highest BCUT2D eigenvalue weighted by atomic mass is 32.2. The van der Waals surface area contributed by atoms with E-state index in [-0.39, 0.29) is 29.8 Å². The van der Waals surface area contributed by atoms with Gasteiger partial charge in [0.15, 0.2) is 0 Å². The van der Waals surface area contributed by atoms with Crippen molar-refractivity contribution >= 4 is 15.7 Å². The van der Waals surface area contributed by atoms with Crippen molar-refractivity contribution in [2.45, 2.75) is 44.3 Å². The van der Waals surface area contributed by atoms with E-state index in [1.807, 2.05) is 11.8 Å². The lowest BCUT2D eigenvalue weighted by atomic mass is 10.1. The molecule has 2 saturated heterocycles. The van der Waals surface area contributed by atoms with Crippen molar-refractivity contribution in [1.29, 1.82) is 0 Å². The summed E-state index contributed by atoms with van der Waals surface area (Å²) in [4.78, 5) is 13.6. The second kappa shape index (κ2) is 4.57. The lowest BCUT2D eigenvalue weighted by Crippen LogP contribution is -2.45. The van der Waals surface area contributed by atoms with Gasteiger partial charge in [0.1, 0.15) is 9.84 Å². The third kappa shape index (κ3) is 2.98. The van der Waals surface area contributed by atoms with Crippen molar-refractivity contribution in [3.63, 3.8) is 0 Å². The minimum Gasteiger partial charge on any atom is -0.338 e. The molecule has 6 heteroatoms. The van der Waals surface area contributed by atoms with Crippen molar-refractivity contribution in [2.24, 2.45) is 0 Å². The smallest absolute Gasteiger partial charge is 0.224 e. The van der Waals surface area contributed by atoms with Crippen molar-refractivity contribution in [2.75, 3.05) is 18.6 Å². The molecule has 0 bridgehead atoms. The third-order valence-corrected chi connectivity index (χ3v) is 4.64. The summed E-state index contributed by atoms with van der Waals surface area (Å²) in [5.41, 5.74) is 0. The fourth-order valence-electron chi connectivity index (χ4n) is 3.00. The number of carbonyl (C=O) groups is 1. The molecule has 3 unspecified atom stereocenters. The summed E-state index contributed by atoms with van der Waals surface area (Å²) in [7, 11) is -2.96. The molecule has 2 fully saturated rings. The number of nitrogens with zero attached hydrogens (tertiary/aromatic N) is 1. The molecule has 0 aromatic heterocycles. The number of nitrogens with one attached hydrogen (secondary N) is 1. The largest absolute Gasteiger partial charge is 0.338 e. The number of amides is 1. The fraction of sp³-hybridized carbons (Fsp3) is 0.909. The number of sulfone groups is 1. The molecule has 3 atom stereocenters. The molecule has 0 aliphatic carbocycles. The van der Waals surface area contributed by atoms with Gasteiger partial charge in [0.2, 0.25) is 5.91 Å². The number of rotatable bonds is 4. The molecule has 2 aliphatic heterocycles. The molecule has 98 valence electrons. The first kappa shape index (κ1) is 12.8. The Morgan fingerprint density at radius 1 is 1.53 bits per heavy atom. The van der Waals surface area contributed by atoms with E-state index in [0.29, 0.717) is 6.42 Å². The number of carbonyl (C=O) groups excluding carboxylic acids is 1. The second-order valence-electron chi connectivity index (χ2n) is 5.27. The Bertz CT molecular complexity index is 407. The average molecular weight is 260 g/mol. The summed E-state index contributed by atoms with van der Waals surface area (Å²) in [6.07, 6.45) is 3.86. The van der Waals surface area contributed by atoms with Gasteiger partial charge < -0.3 is 10.2 Å². The van der Waals surface area contributed by atoms with Gasteiger partial charge in [-0.2, -0.15) is 0 Å². The maximum absolute atomic E-state index is 11.7. The van der Waals surface area contributed by atoms with Crippen LogP contribution in [0.5, 0.6) is 0 Å². The monoisotopic (exact) mass is 260 g/mol. The molecule has 0 aromatic carbocycles. The predicted molar refractivity (Wildman–Crippen MR) is 65.4 cm³/mol. The third-order valence-electron chi connectivity index (χ3n) is 3.53. The number of hydrogen-bond donors (Lipinski definition) is 1. The highest BCUT2D eigenvalue weighted by molar-refractivity contribution is 7.90. The second-order valence-corrected chi connectivity index (χ2v) is 7.45. The molecule has 2 heterocycles. The highest BCUT2D eigenvalue weighted by Gasteiger charge is 2.42. The molecule has 0 radical (unpaired) electrons. The molecule has 0 spiro atoms. The van der Waals surface area contributed by atoms with Gasteiger partial charge in [0.05, 0.1) is 5.75 Å². The standard InChI is InChI=1S/C11H20N2O3S/c1-8(7-17(2,15)16)12-9-6-11(14)13-5-3-4-10(9)13/h8-10,12H,3-7H2,1-2H3. The molecule has 17 heavy (non-hydrogen) atoms. The van der Waals surface area contributed by atoms with E-state index in [9.17, 15) is 13.2 Å². The van der Waals surface area contributed by atoms with E-state index in [1.165, 1.54) is 6.26 Å². The van der Waals surface area contributed by atoms with Crippen molar-refractivity contribution in [3.8, 4) is 0 Å². The van der Waals surface area contributed by atoms with Crippen LogP contribution in [0.4, 0.5) is 0 Å². The van der Waals surface area contributed by atoms with Crippen molar-refractivity contribution in [3.05, 3.63) is 0 Å².